The summed E-state index contributed by atoms with van der Waals surface area (Å²) < 4.78 is 0. The molecule has 0 unspecified atom stereocenters. The van der Waals surface area contributed by atoms with Crippen molar-refractivity contribution in [3.05, 3.63) is 121 Å². The molecule has 27 heavy (non-hydrogen) atoms. The van der Waals surface area contributed by atoms with E-state index in [1.807, 2.05) is 12.4 Å². The number of nitrogens with zero attached hydrogens (tertiary/aromatic N) is 1. The summed E-state index contributed by atoms with van der Waals surface area (Å²) in [5.41, 5.74) is 1.32. The van der Waals surface area contributed by atoms with Gasteiger partial charge in [-0.05, 0) is 54.1 Å². The van der Waals surface area contributed by atoms with Crippen molar-refractivity contribution >= 4 is 23.2 Å². The number of hydrogen-bond donors (Lipinski definition) is 0. The average molecular weight is 481 g/mol. The number of benzene rings is 3. The molecule has 0 aliphatic carbocycles. The molecular weight excluding hydrogens is 460 g/mol. The summed E-state index contributed by atoms with van der Waals surface area (Å²) in [7, 11) is -1.80. The molecule has 1 aromatic heterocycles. The first-order valence-electron chi connectivity index (χ1n) is 8.83. The van der Waals surface area contributed by atoms with Crippen LogP contribution in [-0.4, -0.2) is 4.98 Å². The van der Waals surface area contributed by atoms with Crippen LogP contribution in [0.2, 0.25) is 0 Å². The fourth-order valence-corrected chi connectivity index (χ4v) is 7.77. The Morgan fingerprint density at radius 1 is 0.519 bits per heavy atom. The van der Waals surface area contributed by atoms with E-state index in [0.29, 0.717) is 0 Å². The smallest absolute Gasteiger partial charge is 0.116 e. The third-order valence-electron chi connectivity index (χ3n) is 4.76. The van der Waals surface area contributed by atoms with Crippen LogP contribution in [0.4, 0.5) is 0 Å². The highest BCUT2D eigenvalue weighted by atomic mass is 127. The van der Waals surface area contributed by atoms with Gasteiger partial charge in [-0.25, -0.2) is 0 Å². The van der Waals surface area contributed by atoms with E-state index in [0.717, 1.165) is 6.16 Å². The van der Waals surface area contributed by atoms with Gasteiger partial charge in [0.15, 0.2) is 0 Å². The molecule has 0 spiro atoms. The number of hydrogen-bond acceptors (Lipinski definition) is 1. The first-order chi connectivity index (χ1) is 12.9. The van der Waals surface area contributed by atoms with Crippen molar-refractivity contribution in [2.24, 2.45) is 0 Å². The van der Waals surface area contributed by atoms with Gasteiger partial charge < -0.3 is 24.0 Å². The molecule has 0 saturated carbocycles. The second kappa shape index (κ2) is 9.25. The molecule has 0 N–H and O–H groups in total. The van der Waals surface area contributed by atoms with Crippen molar-refractivity contribution in [3.63, 3.8) is 0 Å². The Hall–Kier alpha value is -2.03. The lowest BCUT2D eigenvalue weighted by Gasteiger charge is -2.27. The number of rotatable bonds is 5. The Morgan fingerprint density at radius 2 is 0.889 bits per heavy atom. The predicted octanol–water partition coefficient (Wildman–Crippen LogP) is 1.58. The zero-order chi connectivity index (χ0) is 17.7. The quantitative estimate of drug-likeness (QED) is 0.312. The van der Waals surface area contributed by atoms with Gasteiger partial charge in [-0.2, -0.15) is 0 Å². The topological polar surface area (TPSA) is 12.9 Å². The van der Waals surface area contributed by atoms with Crippen molar-refractivity contribution in [2.45, 2.75) is 6.16 Å². The molecule has 134 valence electrons. The van der Waals surface area contributed by atoms with Crippen LogP contribution < -0.4 is 39.9 Å². The fraction of sp³-hybridized carbons (Fsp3) is 0.0417. The molecule has 0 saturated heterocycles. The van der Waals surface area contributed by atoms with Gasteiger partial charge >= 0.3 is 0 Å². The molecule has 4 aromatic rings. The normalized spacial score (nSPS) is 10.8. The predicted molar refractivity (Wildman–Crippen MR) is 113 cm³/mol. The van der Waals surface area contributed by atoms with E-state index in [-0.39, 0.29) is 24.0 Å². The SMILES string of the molecule is [I-].c1ccc([P+](Cc2ccncc2)(c2ccccc2)c2ccccc2)cc1. The monoisotopic (exact) mass is 481 g/mol. The maximum absolute atomic E-state index is 4.21. The van der Waals surface area contributed by atoms with Crippen molar-refractivity contribution < 1.29 is 24.0 Å². The molecule has 0 aliphatic heterocycles. The largest absolute Gasteiger partial charge is 1.00 e. The van der Waals surface area contributed by atoms with Crippen LogP contribution in [0, 0.1) is 0 Å². The second-order valence-electron chi connectivity index (χ2n) is 6.33. The van der Waals surface area contributed by atoms with Gasteiger partial charge in [-0.15, -0.1) is 0 Å². The molecule has 3 heteroatoms. The first kappa shape index (κ1) is 19.7. The Kier molecular flexibility index (Phi) is 6.76. The van der Waals surface area contributed by atoms with E-state index in [4.69, 9.17) is 0 Å². The Labute approximate surface area is 178 Å². The lowest BCUT2D eigenvalue weighted by molar-refractivity contribution is -0.00000511. The Bertz CT molecular complexity index is 848. The summed E-state index contributed by atoms with van der Waals surface area (Å²) >= 11 is 0. The van der Waals surface area contributed by atoms with Crippen LogP contribution in [-0.2, 0) is 6.16 Å². The van der Waals surface area contributed by atoms with E-state index in [2.05, 4.69) is 108 Å². The molecule has 0 radical (unpaired) electrons. The molecule has 0 aliphatic rings. The second-order valence-corrected chi connectivity index (χ2v) is 9.81. The minimum absolute atomic E-state index is 0. The van der Waals surface area contributed by atoms with Crippen molar-refractivity contribution in [1.82, 2.24) is 4.98 Å². The summed E-state index contributed by atoms with van der Waals surface area (Å²) in [6.07, 6.45) is 4.78. The minimum Gasteiger partial charge on any atom is -1.00 e. The van der Waals surface area contributed by atoms with E-state index >= 15 is 0 Å². The molecular formula is C24H21INP. The summed E-state index contributed by atoms with van der Waals surface area (Å²) in [5, 5.41) is 4.23. The molecule has 0 atom stereocenters. The van der Waals surface area contributed by atoms with E-state index in [1.165, 1.54) is 21.5 Å². The van der Waals surface area contributed by atoms with Crippen molar-refractivity contribution in [1.29, 1.82) is 0 Å². The highest BCUT2D eigenvalue weighted by Crippen LogP contribution is 2.57. The summed E-state index contributed by atoms with van der Waals surface area (Å²) in [6.45, 7) is 0. The summed E-state index contributed by atoms with van der Waals surface area (Å²) in [4.78, 5) is 4.21. The fourth-order valence-electron chi connectivity index (χ4n) is 3.53. The van der Waals surface area contributed by atoms with Crippen molar-refractivity contribution in [2.75, 3.05) is 0 Å². The molecule has 1 heterocycles. The maximum Gasteiger partial charge on any atom is 0.116 e. The van der Waals surface area contributed by atoms with Crippen LogP contribution in [0.25, 0.3) is 0 Å². The highest BCUT2D eigenvalue weighted by molar-refractivity contribution is 7.95. The van der Waals surface area contributed by atoms with Gasteiger partial charge in [0.05, 0.1) is 6.16 Å². The molecule has 0 amide bonds. The van der Waals surface area contributed by atoms with E-state index in [9.17, 15) is 0 Å². The molecule has 0 fully saturated rings. The van der Waals surface area contributed by atoms with Crippen LogP contribution in [0.15, 0.2) is 116 Å². The average Bonchev–Trinajstić information content (AvgIpc) is 2.75. The lowest BCUT2D eigenvalue weighted by atomic mass is 10.3. The van der Waals surface area contributed by atoms with Gasteiger partial charge in [-0.1, -0.05) is 54.6 Å². The van der Waals surface area contributed by atoms with E-state index < -0.39 is 7.26 Å². The molecule has 1 nitrogen and oxygen atoms in total. The van der Waals surface area contributed by atoms with Gasteiger partial charge in [0.25, 0.3) is 0 Å². The van der Waals surface area contributed by atoms with Gasteiger partial charge in [0, 0.05) is 12.4 Å². The van der Waals surface area contributed by atoms with Gasteiger partial charge in [-0.3, -0.25) is 4.98 Å². The standard InChI is InChI=1S/C24H21NP.HI/c1-4-10-22(11-5-1)26(23-12-6-2-7-13-23,24-14-8-3-9-15-24)20-21-16-18-25-19-17-21;/h1-19H,20H2;1H/q+1;/p-1. The maximum atomic E-state index is 4.21. The zero-order valence-electron chi connectivity index (χ0n) is 14.9. The summed E-state index contributed by atoms with van der Waals surface area (Å²) in [5.74, 6) is 0. The molecule has 4 rings (SSSR count). The number of halogens is 1. The van der Waals surface area contributed by atoms with Crippen molar-refractivity contribution in [3.8, 4) is 0 Å². The van der Waals surface area contributed by atoms with E-state index in [1.54, 1.807) is 0 Å². The minimum atomic E-state index is -1.80. The molecule has 0 bridgehead atoms. The highest BCUT2D eigenvalue weighted by Gasteiger charge is 2.45. The zero-order valence-corrected chi connectivity index (χ0v) is 18.0. The Balaban J connectivity index is 0.00000210. The molecule has 3 aromatic carbocycles. The third kappa shape index (κ3) is 4.12. The third-order valence-corrected chi connectivity index (χ3v) is 9.14. The Morgan fingerprint density at radius 3 is 1.26 bits per heavy atom. The first-order valence-corrected chi connectivity index (χ1v) is 10.8. The van der Waals surface area contributed by atoms with Crippen LogP contribution in [0.3, 0.4) is 0 Å². The van der Waals surface area contributed by atoms with Crippen LogP contribution >= 0.6 is 7.26 Å². The summed E-state index contributed by atoms with van der Waals surface area (Å²) in [6, 6.07) is 37.2. The van der Waals surface area contributed by atoms with Crippen LogP contribution in [0.5, 0.6) is 0 Å². The van der Waals surface area contributed by atoms with Gasteiger partial charge in [0.1, 0.15) is 23.2 Å². The van der Waals surface area contributed by atoms with Gasteiger partial charge in [0.2, 0.25) is 0 Å². The number of aromatic nitrogens is 1. The lowest BCUT2D eigenvalue weighted by Crippen LogP contribution is -3.00. The number of pyridine rings is 1. The van der Waals surface area contributed by atoms with Crippen LogP contribution in [0.1, 0.15) is 5.56 Å².